The van der Waals surface area contributed by atoms with Gasteiger partial charge >= 0.3 is 0 Å². The maximum Gasteiger partial charge on any atom is 0.214 e. The lowest BCUT2D eigenvalue weighted by Crippen LogP contribution is -2.59. The minimum Gasteiger partial charge on any atom is -0.474 e. The van der Waals surface area contributed by atoms with Gasteiger partial charge in [0.2, 0.25) is 5.88 Å². The number of ether oxygens (including phenoxy) is 1. The summed E-state index contributed by atoms with van der Waals surface area (Å²) in [6, 6.07) is 12.2. The van der Waals surface area contributed by atoms with Gasteiger partial charge in [-0.1, -0.05) is 18.2 Å². The summed E-state index contributed by atoms with van der Waals surface area (Å²) in [7, 11) is 0. The van der Waals surface area contributed by atoms with Crippen molar-refractivity contribution in [1.82, 2.24) is 10.3 Å². The third-order valence-electron chi connectivity index (χ3n) is 4.18. The lowest BCUT2D eigenvalue weighted by Gasteiger charge is -2.48. The lowest BCUT2D eigenvalue weighted by atomic mass is 9.69. The van der Waals surface area contributed by atoms with Crippen molar-refractivity contribution in [2.24, 2.45) is 11.8 Å². The third kappa shape index (κ3) is 2.17. The molecule has 3 nitrogen and oxygen atoms in total. The predicted octanol–water partition coefficient (Wildman–Crippen LogP) is 2.64. The number of nitrogens with zero attached hydrogens (tertiary/aromatic N) is 1. The molecule has 2 bridgehead atoms. The van der Waals surface area contributed by atoms with Gasteiger partial charge in [-0.2, -0.15) is 0 Å². The standard InChI is InChI=1S/C15H16N2O.ClH/c1-2-4-13-10(3-1)5-6-14(17-13)18-15-11-7-12(15)9-16-8-11;/h1-6,11-12,15-16H,7-9H2;1H/t11-,12+,15?;. The van der Waals surface area contributed by atoms with Crippen molar-refractivity contribution >= 4 is 23.3 Å². The summed E-state index contributed by atoms with van der Waals surface area (Å²) in [6.07, 6.45) is 1.69. The summed E-state index contributed by atoms with van der Waals surface area (Å²) in [5, 5.41) is 4.60. The van der Waals surface area contributed by atoms with Crippen molar-refractivity contribution in [2.75, 3.05) is 13.1 Å². The predicted molar refractivity (Wildman–Crippen MR) is 77.9 cm³/mol. The summed E-state index contributed by atoms with van der Waals surface area (Å²) in [5.74, 6) is 2.13. The average Bonchev–Trinajstić information content (AvgIpc) is 2.45. The molecule has 2 fully saturated rings. The number of pyridine rings is 1. The van der Waals surface area contributed by atoms with Crippen LogP contribution in [-0.2, 0) is 0 Å². The number of halogens is 1. The molecule has 2 heterocycles. The molecule has 4 heteroatoms. The minimum atomic E-state index is 0. The van der Waals surface area contributed by atoms with E-state index in [4.69, 9.17) is 4.74 Å². The van der Waals surface area contributed by atoms with Gasteiger partial charge in [-0.3, -0.25) is 0 Å². The summed E-state index contributed by atoms with van der Waals surface area (Å²) in [5.41, 5.74) is 1.01. The maximum atomic E-state index is 6.07. The first-order valence-corrected chi connectivity index (χ1v) is 6.63. The Morgan fingerprint density at radius 1 is 1.05 bits per heavy atom. The van der Waals surface area contributed by atoms with Gasteiger partial charge < -0.3 is 10.1 Å². The Balaban J connectivity index is 0.00000110. The first kappa shape index (κ1) is 12.7. The number of aromatic nitrogens is 1. The van der Waals surface area contributed by atoms with E-state index in [-0.39, 0.29) is 12.4 Å². The molecule has 4 rings (SSSR count). The van der Waals surface area contributed by atoms with Gasteiger partial charge in [0.25, 0.3) is 0 Å². The monoisotopic (exact) mass is 276 g/mol. The van der Waals surface area contributed by atoms with Gasteiger partial charge in [0, 0.05) is 36.4 Å². The average molecular weight is 277 g/mol. The van der Waals surface area contributed by atoms with Gasteiger partial charge in [0.1, 0.15) is 6.10 Å². The van der Waals surface area contributed by atoms with Crippen LogP contribution in [0.1, 0.15) is 6.42 Å². The summed E-state index contributed by atoms with van der Waals surface area (Å²) in [4.78, 5) is 4.58. The van der Waals surface area contributed by atoms with Crippen LogP contribution in [0.15, 0.2) is 36.4 Å². The topological polar surface area (TPSA) is 34.1 Å². The second-order valence-electron chi connectivity index (χ2n) is 5.34. The van der Waals surface area contributed by atoms with E-state index in [1.165, 1.54) is 11.8 Å². The van der Waals surface area contributed by atoms with E-state index in [0.29, 0.717) is 17.9 Å². The summed E-state index contributed by atoms with van der Waals surface area (Å²) < 4.78 is 6.07. The van der Waals surface area contributed by atoms with Crippen LogP contribution in [0, 0.1) is 11.8 Å². The molecule has 1 unspecified atom stereocenters. The quantitative estimate of drug-likeness (QED) is 0.916. The Morgan fingerprint density at radius 2 is 1.84 bits per heavy atom. The summed E-state index contributed by atoms with van der Waals surface area (Å²) in [6.45, 7) is 2.18. The lowest BCUT2D eigenvalue weighted by molar-refractivity contribution is -0.0468. The Morgan fingerprint density at radius 3 is 2.63 bits per heavy atom. The number of piperidine rings is 2. The summed E-state index contributed by atoms with van der Waals surface area (Å²) >= 11 is 0. The van der Waals surface area contributed by atoms with E-state index >= 15 is 0 Å². The molecule has 1 aromatic heterocycles. The van der Waals surface area contributed by atoms with Crippen LogP contribution >= 0.6 is 12.4 Å². The normalized spacial score (nSPS) is 28.3. The third-order valence-corrected chi connectivity index (χ3v) is 4.18. The Labute approximate surface area is 118 Å². The van der Waals surface area contributed by atoms with Gasteiger partial charge in [0.15, 0.2) is 0 Å². The highest BCUT2D eigenvalue weighted by molar-refractivity contribution is 5.85. The molecular formula is C15H17ClN2O. The van der Waals surface area contributed by atoms with Gasteiger partial charge in [-0.15, -0.1) is 12.4 Å². The van der Waals surface area contributed by atoms with Crippen molar-refractivity contribution in [3.8, 4) is 5.88 Å². The number of fused-ring (bicyclic) bond motifs is 3. The molecule has 1 saturated carbocycles. The molecule has 0 amide bonds. The fraction of sp³-hybridized carbons (Fsp3) is 0.400. The van der Waals surface area contributed by atoms with E-state index < -0.39 is 0 Å². The van der Waals surface area contributed by atoms with Crippen molar-refractivity contribution in [2.45, 2.75) is 12.5 Å². The SMILES string of the molecule is Cl.c1ccc2nc(OC3[C@@H]4CNC[C@H]3C4)ccc2c1. The fourth-order valence-corrected chi connectivity index (χ4v) is 3.14. The molecule has 0 radical (unpaired) electrons. The molecule has 1 aliphatic carbocycles. The van der Waals surface area contributed by atoms with Gasteiger partial charge in [-0.05, 0) is 18.6 Å². The molecule has 1 aromatic carbocycles. The number of rotatable bonds is 2. The maximum absolute atomic E-state index is 6.07. The number of hydrogen-bond acceptors (Lipinski definition) is 3. The molecule has 100 valence electrons. The van der Waals surface area contributed by atoms with Crippen LogP contribution in [0.4, 0.5) is 0 Å². The Hall–Kier alpha value is -1.32. The highest BCUT2D eigenvalue weighted by Crippen LogP contribution is 2.39. The van der Waals surface area contributed by atoms with Crippen molar-refractivity contribution in [1.29, 1.82) is 0 Å². The smallest absolute Gasteiger partial charge is 0.214 e. The Kier molecular flexibility index (Phi) is 3.33. The van der Waals surface area contributed by atoms with Crippen LogP contribution in [0.5, 0.6) is 5.88 Å². The Bertz CT molecular complexity index is 575. The fourth-order valence-electron chi connectivity index (χ4n) is 3.14. The second kappa shape index (κ2) is 4.99. The molecule has 2 aromatic rings. The van der Waals surface area contributed by atoms with Crippen LogP contribution in [0.2, 0.25) is 0 Å². The zero-order chi connectivity index (χ0) is 11.9. The number of para-hydroxylation sites is 1. The largest absolute Gasteiger partial charge is 0.474 e. The van der Waals surface area contributed by atoms with Crippen LogP contribution in [0.3, 0.4) is 0 Å². The van der Waals surface area contributed by atoms with Crippen molar-refractivity contribution in [3.63, 3.8) is 0 Å². The van der Waals surface area contributed by atoms with Crippen molar-refractivity contribution in [3.05, 3.63) is 36.4 Å². The van der Waals surface area contributed by atoms with Crippen LogP contribution < -0.4 is 10.1 Å². The van der Waals surface area contributed by atoms with E-state index in [1.807, 2.05) is 24.3 Å². The number of hydrogen-bond donors (Lipinski definition) is 1. The van der Waals surface area contributed by atoms with Crippen LogP contribution in [-0.4, -0.2) is 24.2 Å². The molecule has 2 aliphatic rings. The van der Waals surface area contributed by atoms with E-state index in [1.54, 1.807) is 0 Å². The van der Waals surface area contributed by atoms with E-state index in [0.717, 1.165) is 24.5 Å². The first-order chi connectivity index (χ1) is 8.90. The molecule has 1 N–H and O–H groups in total. The molecular weight excluding hydrogens is 260 g/mol. The highest BCUT2D eigenvalue weighted by Gasteiger charge is 2.45. The minimum absolute atomic E-state index is 0. The molecule has 19 heavy (non-hydrogen) atoms. The molecule has 3 atom stereocenters. The highest BCUT2D eigenvalue weighted by atomic mass is 35.5. The second-order valence-corrected chi connectivity index (χ2v) is 5.34. The van der Waals surface area contributed by atoms with Gasteiger partial charge in [0.05, 0.1) is 5.52 Å². The molecule has 0 spiro atoms. The van der Waals surface area contributed by atoms with Gasteiger partial charge in [-0.25, -0.2) is 4.98 Å². The first-order valence-electron chi connectivity index (χ1n) is 6.63. The van der Waals surface area contributed by atoms with Crippen LogP contribution in [0.25, 0.3) is 10.9 Å². The van der Waals surface area contributed by atoms with E-state index in [9.17, 15) is 0 Å². The van der Waals surface area contributed by atoms with Crippen molar-refractivity contribution < 1.29 is 4.74 Å². The number of nitrogens with one attached hydrogen (secondary N) is 1. The molecule has 1 aliphatic heterocycles. The number of benzene rings is 1. The van der Waals surface area contributed by atoms with E-state index in [2.05, 4.69) is 22.4 Å². The zero-order valence-corrected chi connectivity index (χ0v) is 11.4. The molecule has 1 saturated heterocycles. The zero-order valence-electron chi connectivity index (χ0n) is 10.6.